The molecule has 0 aromatic heterocycles. The van der Waals surface area contributed by atoms with Crippen molar-refractivity contribution < 1.29 is 5.11 Å². The van der Waals surface area contributed by atoms with Crippen molar-refractivity contribution in [2.75, 3.05) is 0 Å². The Hall–Kier alpha value is -0.300. The molecule has 0 saturated heterocycles. The number of hydrogen-bond donors (Lipinski definition) is 1. The molecule has 2 fully saturated rings. The van der Waals surface area contributed by atoms with E-state index >= 15 is 0 Å². The molecule has 0 aliphatic heterocycles. The lowest BCUT2D eigenvalue weighted by molar-refractivity contribution is 0.118. The van der Waals surface area contributed by atoms with E-state index in [0.717, 1.165) is 24.7 Å². The number of allylic oxidation sites excluding steroid dienone is 2. The highest BCUT2D eigenvalue weighted by Crippen LogP contribution is 2.28. The summed E-state index contributed by atoms with van der Waals surface area (Å²) < 4.78 is 0. The van der Waals surface area contributed by atoms with Crippen LogP contribution in [0.4, 0.5) is 0 Å². The maximum atomic E-state index is 9.42. The topological polar surface area (TPSA) is 20.2 Å². The van der Waals surface area contributed by atoms with Crippen molar-refractivity contribution in [2.24, 2.45) is 11.8 Å². The van der Waals surface area contributed by atoms with Crippen LogP contribution in [0.15, 0.2) is 12.2 Å². The van der Waals surface area contributed by atoms with Crippen LogP contribution in [0.3, 0.4) is 0 Å². The first-order chi connectivity index (χ1) is 7.34. The van der Waals surface area contributed by atoms with E-state index in [2.05, 4.69) is 12.2 Å². The molecule has 0 bridgehead atoms. The lowest BCUT2D eigenvalue weighted by Crippen LogP contribution is -2.17. The Labute approximate surface area is 93.6 Å². The van der Waals surface area contributed by atoms with E-state index in [1.807, 2.05) is 0 Å². The van der Waals surface area contributed by atoms with Gasteiger partial charge in [-0.3, -0.25) is 0 Å². The molecule has 0 amide bonds. The van der Waals surface area contributed by atoms with Crippen LogP contribution in [0.2, 0.25) is 0 Å². The third kappa shape index (κ3) is 3.64. The molecule has 15 heavy (non-hydrogen) atoms. The second-order valence-electron chi connectivity index (χ2n) is 5.35. The predicted octanol–water partition coefficient (Wildman–Crippen LogP) is 3.67. The number of aliphatic hydroxyl groups is 1. The molecule has 0 aromatic rings. The van der Waals surface area contributed by atoms with Crippen LogP contribution in [0.1, 0.15) is 57.8 Å². The minimum atomic E-state index is -0.00988. The zero-order valence-electron chi connectivity index (χ0n) is 9.70. The zero-order chi connectivity index (χ0) is 10.5. The Morgan fingerprint density at radius 3 is 1.80 bits per heavy atom. The summed E-state index contributed by atoms with van der Waals surface area (Å²) in [7, 11) is 0. The molecular formula is C14H24O. The molecule has 0 radical (unpaired) electrons. The summed E-state index contributed by atoms with van der Waals surface area (Å²) in [5, 5.41) is 9.42. The lowest BCUT2D eigenvalue weighted by Gasteiger charge is -2.24. The molecule has 0 aromatic carbocycles. The summed E-state index contributed by atoms with van der Waals surface area (Å²) in [5.74, 6) is 1.63. The van der Waals surface area contributed by atoms with Crippen LogP contribution in [0.5, 0.6) is 0 Å². The quantitative estimate of drug-likeness (QED) is 0.686. The van der Waals surface area contributed by atoms with E-state index < -0.39 is 0 Å². The lowest BCUT2D eigenvalue weighted by atomic mass is 9.84. The Kier molecular flexibility index (Phi) is 4.25. The van der Waals surface area contributed by atoms with Crippen molar-refractivity contribution >= 4 is 0 Å². The van der Waals surface area contributed by atoms with Gasteiger partial charge in [-0.25, -0.2) is 0 Å². The van der Waals surface area contributed by atoms with Gasteiger partial charge in [-0.1, -0.05) is 31.4 Å². The highest BCUT2D eigenvalue weighted by atomic mass is 16.3. The SMILES string of the molecule is OC1CCC(C=CC2CCCCC2)CC1. The average molecular weight is 208 g/mol. The van der Waals surface area contributed by atoms with Crippen molar-refractivity contribution in [3.05, 3.63) is 12.2 Å². The van der Waals surface area contributed by atoms with Crippen LogP contribution in [0, 0.1) is 11.8 Å². The van der Waals surface area contributed by atoms with Gasteiger partial charge in [-0.05, 0) is 50.4 Å². The van der Waals surface area contributed by atoms with Gasteiger partial charge in [-0.15, -0.1) is 0 Å². The molecule has 1 heteroatoms. The Morgan fingerprint density at radius 2 is 1.20 bits per heavy atom. The van der Waals surface area contributed by atoms with Gasteiger partial charge in [0.2, 0.25) is 0 Å². The van der Waals surface area contributed by atoms with Gasteiger partial charge in [0.25, 0.3) is 0 Å². The first-order valence-electron chi connectivity index (χ1n) is 6.71. The molecule has 0 unspecified atom stereocenters. The summed E-state index contributed by atoms with van der Waals surface area (Å²) in [6.45, 7) is 0. The summed E-state index contributed by atoms with van der Waals surface area (Å²) in [4.78, 5) is 0. The normalized spacial score (nSPS) is 34.7. The highest BCUT2D eigenvalue weighted by Gasteiger charge is 2.17. The minimum absolute atomic E-state index is 0.00988. The average Bonchev–Trinajstić information content (AvgIpc) is 2.30. The smallest absolute Gasteiger partial charge is 0.0540 e. The van der Waals surface area contributed by atoms with Crippen LogP contribution in [-0.4, -0.2) is 11.2 Å². The van der Waals surface area contributed by atoms with Gasteiger partial charge in [-0.2, -0.15) is 0 Å². The molecule has 2 aliphatic rings. The van der Waals surface area contributed by atoms with E-state index in [1.54, 1.807) is 0 Å². The molecular weight excluding hydrogens is 184 g/mol. The largest absolute Gasteiger partial charge is 0.393 e. The molecule has 2 aliphatic carbocycles. The van der Waals surface area contributed by atoms with Crippen LogP contribution < -0.4 is 0 Å². The number of hydrogen-bond acceptors (Lipinski definition) is 1. The molecule has 2 saturated carbocycles. The van der Waals surface area contributed by atoms with Gasteiger partial charge in [0, 0.05) is 0 Å². The predicted molar refractivity (Wildman–Crippen MR) is 63.7 cm³/mol. The fourth-order valence-electron chi connectivity index (χ4n) is 2.93. The zero-order valence-corrected chi connectivity index (χ0v) is 9.70. The summed E-state index contributed by atoms with van der Waals surface area (Å²) in [5.41, 5.74) is 0. The van der Waals surface area contributed by atoms with Crippen molar-refractivity contribution in [1.82, 2.24) is 0 Å². The Balaban J connectivity index is 1.73. The van der Waals surface area contributed by atoms with Gasteiger partial charge in [0.1, 0.15) is 0 Å². The van der Waals surface area contributed by atoms with Crippen LogP contribution >= 0.6 is 0 Å². The molecule has 86 valence electrons. The summed E-state index contributed by atoms with van der Waals surface area (Å²) >= 11 is 0. The van der Waals surface area contributed by atoms with Crippen molar-refractivity contribution in [3.63, 3.8) is 0 Å². The first kappa shape index (κ1) is 11.2. The second kappa shape index (κ2) is 5.69. The fraction of sp³-hybridized carbons (Fsp3) is 0.857. The van der Waals surface area contributed by atoms with Gasteiger partial charge in [0.05, 0.1) is 6.10 Å². The summed E-state index contributed by atoms with van der Waals surface area (Å²) in [6, 6.07) is 0. The van der Waals surface area contributed by atoms with E-state index in [1.165, 1.54) is 44.9 Å². The van der Waals surface area contributed by atoms with Crippen LogP contribution in [0.25, 0.3) is 0 Å². The molecule has 0 spiro atoms. The number of rotatable bonds is 2. The molecule has 1 nitrogen and oxygen atoms in total. The first-order valence-corrected chi connectivity index (χ1v) is 6.71. The molecule has 2 rings (SSSR count). The van der Waals surface area contributed by atoms with E-state index in [4.69, 9.17) is 0 Å². The van der Waals surface area contributed by atoms with Gasteiger partial charge in [0.15, 0.2) is 0 Å². The van der Waals surface area contributed by atoms with E-state index in [0.29, 0.717) is 0 Å². The van der Waals surface area contributed by atoms with E-state index in [-0.39, 0.29) is 6.10 Å². The summed E-state index contributed by atoms with van der Waals surface area (Å²) in [6.07, 6.45) is 16.5. The Bertz CT molecular complexity index is 195. The van der Waals surface area contributed by atoms with Crippen molar-refractivity contribution in [3.8, 4) is 0 Å². The maximum Gasteiger partial charge on any atom is 0.0540 e. The minimum Gasteiger partial charge on any atom is -0.393 e. The van der Waals surface area contributed by atoms with Crippen molar-refractivity contribution in [1.29, 1.82) is 0 Å². The highest BCUT2D eigenvalue weighted by molar-refractivity contribution is 4.95. The monoisotopic (exact) mass is 208 g/mol. The van der Waals surface area contributed by atoms with Gasteiger partial charge >= 0.3 is 0 Å². The Morgan fingerprint density at radius 1 is 0.667 bits per heavy atom. The standard InChI is InChI=1S/C14H24O/c15-14-10-8-13(9-11-14)7-6-12-4-2-1-3-5-12/h6-7,12-15H,1-5,8-11H2. The fourth-order valence-corrected chi connectivity index (χ4v) is 2.93. The second-order valence-corrected chi connectivity index (χ2v) is 5.35. The van der Waals surface area contributed by atoms with Crippen molar-refractivity contribution in [2.45, 2.75) is 63.9 Å². The molecule has 1 N–H and O–H groups in total. The molecule has 0 heterocycles. The van der Waals surface area contributed by atoms with Crippen LogP contribution in [-0.2, 0) is 0 Å². The maximum absolute atomic E-state index is 9.42. The number of aliphatic hydroxyl groups excluding tert-OH is 1. The van der Waals surface area contributed by atoms with E-state index in [9.17, 15) is 5.11 Å². The molecule has 0 atom stereocenters. The van der Waals surface area contributed by atoms with Gasteiger partial charge < -0.3 is 5.11 Å². The third-order valence-corrected chi connectivity index (χ3v) is 4.05. The third-order valence-electron chi connectivity index (χ3n) is 4.05.